The number of hydrogen-bond donors (Lipinski definition) is 0. The van der Waals surface area contributed by atoms with Crippen LogP contribution >= 0.6 is 11.8 Å². The summed E-state index contributed by atoms with van der Waals surface area (Å²) in [6, 6.07) is 8.79. The van der Waals surface area contributed by atoms with Crippen molar-refractivity contribution < 1.29 is 4.79 Å². The topological polar surface area (TPSA) is 63.9 Å². The highest BCUT2D eigenvalue weighted by Crippen LogP contribution is 2.36. The third-order valence-electron chi connectivity index (χ3n) is 4.16. The van der Waals surface area contributed by atoms with E-state index in [0.717, 1.165) is 31.0 Å². The zero-order chi connectivity index (χ0) is 14.9. The highest BCUT2D eigenvalue weighted by atomic mass is 32.2. The molecule has 0 saturated heterocycles. The molecule has 0 radical (unpaired) electrons. The van der Waals surface area contributed by atoms with E-state index in [1.165, 1.54) is 22.9 Å². The number of tetrazole rings is 1. The van der Waals surface area contributed by atoms with Crippen molar-refractivity contribution in [2.24, 2.45) is 0 Å². The van der Waals surface area contributed by atoms with E-state index in [0.29, 0.717) is 18.3 Å². The molecule has 1 aromatic heterocycles. The molecule has 7 heteroatoms. The van der Waals surface area contributed by atoms with Crippen molar-refractivity contribution in [1.29, 1.82) is 0 Å². The van der Waals surface area contributed by atoms with Gasteiger partial charge in [-0.1, -0.05) is 36.0 Å². The van der Waals surface area contributed by atoms with Gasteiger partial charge in [-0.2, -0.15) is 0 Å². The van der Waals surface area contributed by atoms with Crippen molar-refractivity contribution in [3.63, 3.8) is 0 Å². The largest absolute Gasteiger partial charge is 0.337 e. The Kier molecular flexibility index (Phi) is 3.57. The lowest BCUT2D eigenvalue weighted by Gasteiger charge is -2.28. The first-order valence-corrected chi connectivity index (χ1v) is 8.55. The molecule has 0 unspecified atom stereocenters. The van der Waals surface area contributed by atoms with Crippen LogP contribution in [0.1, 0.15) is 30.0 Å². The second-order valence-electron chi connectivity index (χ2n) is 5.76. The first-order chi connectivity index (χ1) is 10.8. The Morgan fingerprint density at radius 3 is 2.91 bits per heavy atom. The molecule has 2 aromatic rings. The summed E-state index contributed by atoms with van der Waals surface area (Å²) >= 11 is 1.44. The highest BCUT2D eigenvalue weighted by Gasteiger charge is 2.28. The van der Waals surface area contributed by atoms with Crippen molar-refractivity contribution in [3.8, 4) is 0 Å². The van der Waals surface area contributed by atoms with Gasteiger partial charge in [0.15, 0.2) is 0 Å². The normalized spacial score (nSPS) is 17.4. The molecule has 0 N–H and O–H groups in total. The van der Waals surface area contributed by atoms with E-state index in [4.69, 9.17) is 0 Å². The van der Waals surface area contributed by atoms with Gasteiger partial charge in [0.2, 0.25) is 11.1 Å². The average Bonchev–Trinajstić information content (AvgIpc) is 3.30. The van der Waals surface area contributed by atoms with Crippen LogP contribution in [0, 0.1) is 0 Å². The van der Waals surface area contributed by atoms with Gasteiger partial charge in [0.25, 0.3) is 0 Å². The van der Waals surface area contributed by atoms with Gasteiger partial charge < -0.3 is 4.90 Å². The van der Waals surface area contributed by atoms with Crippen molar-refractivity contribution in [1.82, 2.24) is 25.1 Å². The van der Waals surface area contributed by atoms with Crippen molar-refractivity contribution in [2.45, 2.75) is 37.0 Å². The summed E-state index contributed by atoms with van der Waals surface area (Å²) in [5.74, 6) is 0.555. The molecule has 0 bridgehead atoms. The second kappa shape index (κ2) is 5.72. The van der Waals surface area contributed by atoms with E-state index >= 15 is 0 Å². The molecule has 1 aliphatic heterocycles. The third kappa shape index (κ3) is 2.72. The molecule has 0 atom stereocenters. The van der Waals surface area contributed by atoms with Crippen LogP contribution in [0.5, 0.6) is 0 Å². The fourth-order valence-corrected chi connectivity index (χ4v) is 3.60. The van der Waals surface area contributed by atoms with E-state index in [9.17, 15) is 4.79 Å². The standard InChI is InChI=1S/C15H17N5OS/c21-14(10-22-15-16-17-18-20(15)13-5-6-13)19-8-7-11-3-1-2-4-12(11)9-19/h1-4,13H,5-10H2. The summed E-state index contributed by atoms with van der Waals surface area (Å²) in [6.45, 7) is 1.51. The Balaban J connectivity index is 1.38. The molecule has 1 aliphatic carbocycles. The molecule has 0 spiro atoms. The van der Waals surface area contributed by atoms with Crippen LogP contribution in [0.15, 0.2) is 29.4 Å². The fraction of sp³-hybridized carbons (Fsp3) is 0.467. The number of benzene rings is 1. The number of rotatable bonds is 4. The van der Waals surface area contributed by atoms with E-state index in [2.05, 4.69) is 33.7 Å². The first-order valence-electron chi connectivity index (χ1n) is 7.56. The zero-order valence-electron chi connectivity index (χ0n) is 12.2. The number of carbonyl (C=O) groups excluding carboxylic acids is 1. The molecular formula is C15H17N5OS. The lowest BCUT2D eigenvalue weighted by Crippen LogP contribution is -2.37. The second-order valence-corrected chi connectivity index (χ2v) is 6.70. The van der Waals surface area contributed by atoms with E-state index in [1.807, 2.05) is 15.6 Å². The summed E-state index contributed by atoms with van der Waals surface area (Å²) in [5, 5.41) is 12.5. The summed E-state index contributed by atoms with van der Waals surface area (Å²) in [6.07, 6.45) is 3.21. The highest BCUT2D eigenvalue weighted by molar-refractivity contribution is 7.99. The number of fused-ring (bicyclic) bond motifs is 1. The fourth-order valence-electron chi connectivity index (χ4n) is 2.75. The van der Waals surface area contributed by atoms with Crippen LogP contribution in [-0.2, 0) is 17.8 Å². The predicted octanol–water partition coefficient (Wildman–Crippen LogP) is 1.68. The van der Waals surface area contributed by atoms with Crippen LogP contribution in [0.25, 0.3) is 0 Å². The summed E-state index contributed by atoms with van der Waals surface area (Å²) in [4.78, 5) is 14.4. The minimum Gasteiger partial charge on any atom is -0.337 e. The molecular weight excluding hydrogens is 298 g/mol. The lowest BCUT2D eigenvalue weighted by atomic mass is 10.00. The molecule has 1 amide bonds. The molecule has 2 heterocycles. The van der Waals surface area contributed by atoms with Gasteiger partial charge in [-0.05, 0) is 40.8 Å². The minimum absolute atomic E-state index is 0.157. The van der Waals surface area contributed by atoms with E-state index in [1.54, 1.807) is 0 Å². The number of nitrogens with zero attached hydrogens (tertiary/aromatic N) is 5. The maximum atomic E-state index is 12.4. The Labute approximate surface area is 132 Å². The van der Waals surface area contributed by atoms with Crippen LogP contribution in [-0.4, -0.2) is 43.3 Å². The Bertz CT molecular complexity index is 697. The predicted molar refractivity (Wildman–Crippen MR) is 82.4 cm³/mol. The average molecular weight is 315 g/mol. The molecule has 4 rings (SSSR count). The van der Waals surface area contributed by atoms with E-state index < -0.39 is 0 Å². The first kappa shape index (κ1) is 13.8. The van der Waals surface area contributed by atoms with Gasteiger partial charge in [0.1, 0.15) is 0 Å². The molecule has 1 fully saturated rings. The van der Waals surface area contributed by atoms with Crippen molar-refractivity contribution in [3.05, 3.63) is 35.4 Å². The summed E-state index contributed by atoms with van der Waals surface area (Å²) in [5.41, 5.74) is 2.62. The zero-order valence-corrected chi connectivity index (χ0v) is 13.0. The van der Waals surface area contributed by atoms with Gasteiger partial charge in [-0.15, -0.1) is 5.10 Å². The summed E-state index contributed by atoms with van der Waals surface area (Å²) < 4.78 is 1.85. The summed E-state index contributed by atoms with van der Waals surface area (Å²) in [7, 11) is 0. The van der Waals surface area contributed by atoms with Gasteiger partial charge in [0, 0.05) is 13.1 Å². The molecule has 1 aromatic carbocycles. The molecule has 1 saturated carbocycles. The smallest absolute Gasteiger partial charge is 0.233 e. The van der Waals surface area contributed by atoms with Crippen molar-refractivity contribution in [2.75, 3.05) is 12.3 Å². The number of thioether (sulfide) groups is 1. The molecule has 114 valence electrons. The van der Waals surface area contributed by atoms with Crippen LogP contribution in [0.2, 0.25) is 0 Å². The SMILES string of the molecule is O=C(CSc1nnnn1C1CC1)N1CCc2ccccc2C1. The van der Waals surface area contributed by atoms with Crippen LogP contribution in [0.4, 0.5) is 0 Å². The number of carbonyl (C=O) groups is 1. The van der Waals surface area contributed by atoms with Gasteiger partial charge in [-0.25, -0.2) is 4.68 Å². The lowest BCUT2D eigenvalue weighted by molar-refractivity contribution is -0.129. The molecule has 22 heavy (non-hydrogen) atoms. The quantitative estimate of drug-likeness (QED) is 0.803. The third-order valence-corrected chi connectivity index (χ3v) is 5.08. The Morgan fingerprint density at radius 2 is 2.09 bits per heavy atom. The van der Waals surface area contributed by atoms with Gasteiger partial charge >= 0.3 is 0 Å². The van der Waals surface area contributed by atoms with Crippen LogP contribution < -0.4 is 0 Å². The maximum Gasteiger partial charge on any atom is 0.233 e. The Morgan fingerprint density at radius 1 is 1.27 bits per heavy atom. The maximum absolute atomic E-state index is 12.4. The van der Waals surface area contributed by atoms with Crippen molar-refractivity contribution >= 4 is 17.7 Å². The molecule has 2 aliphatic rings. The number of hydrogen-bond acceptors (Lipinski definition) is 5. The van der Waals surface area contributed by atoms with E-state index in [-0.39, 0.29) is 5.91 Å². The number of amides is 1. The minimum atomic E-state index is 0.157. The molecule has 6 nitrogen and oxygen atoms in total. The van der Waals surface area contributed by atoms with Crippen LogP contribution in [0.3, 0.4) is 0 Å². The van der Waals surface area contributed by atoms with Gasteiger partial charge in [-0.3, -0.25) is 4.79 Å². The Hall–Kier alpha value is -1.89. The monoisotopic (exact) mass is 315 g/mol. The van der Waals surface area contributed by atoms with Gasteiger partial charge in [0.05, 0.1) is 11.8 Å². The number of aromatic nitrogens is 4.